The van der Waals surface area contributed by atoms with E-state index in [4.69, 9.17) is 0 Å². The summed E-state index contributed by atoms with van der Waals surface area (Å²) in [5.74, 6) is -1.80. The van der Waals surface area contributed by atoms with E-state index in [1.54, 1.807) is 0 Å². The summed E-state index contributed by atoms with van der Waals surface area (Å²) in [6.45, 7) is 4.58. The molecule has 0 aliphatic heterocycles. The van der Waals surface area contributed by atoms with Crippen molar-refractivity contribution in [3.8, 4) is 0 Å². The summed E-state index contributed by atoms with van der Waals surface area (Å²) >= 11 is 0. The van der Waals surface area contributed by atoms with Gasteiger partial charge in [-0.3, -0.25) is 0 Å². The zero-order valence-electron chi connectivity index (χ0n) is 39.1. The van der Waals surface area contributed by atoms with E-state index in [1.165, 1.54) is 270 Å². The molecule has 0 aromatic heterocycles. The Labute approximate surface area is 379 Å². The maximum absolute atomic E-state index is 10.3. The van der Waals surface area contributed by atoms with Crippen LogP contribution in [-0.2, 0) is 9.59 Å². The van der Waals surface area contributed by atoms with E-state index in [0.717, 1.165) is 25.7 Å². The zero-order chi connectivity index (χ0) is 41.1. The van der Waals surface area contributed by atoms with Gasteiger partial charge in [-0.25, -0.2) is 0 Å². The SMILES string of the molecule is CCCCCCCCCCCCCCCCCCCCCCCCCC(=O)[O-].CCCCCCCCCCCCCCCCCCCCCCCCCC(=O)[O-].[Pb+2]. The molecule has 338 valence electrons. The van der Waals surface area contributed by atoms with Crippen LogP contribution in [0.25, 0.3) is 0 Å². The first kappa shape index (κ1) is 61.2. The molecule has 0 rings (SSSR count). The van der Waals surface area contributed by atoms with Crippen molar-refractivity contribution in [2.45, 2.75) is 322 Å². The second-order valence-corrected chi connectivity index (χ2v) is 17.8. The Hall–Kier alpha value is -0.138. The number of rotatable bonds is 48. The van der Waals surface area contributed by atoms with Gasteiger partial charge in [0.05, 0.1) is 0 Å². The van der Waals surface area contributed by atoms with Crippen LogP contribution < -0.4 is 10.2 Å². The average molecular weight is 999 g/mol. The van der Waals surface area contributed by atoms with Crippen molar-refractivity contribution in [1.82, 2.24) is 0 Å². The van der Waals surface area contributed by atoms with Crippen molar-refractivity contribution in [2.75, 3.05) is 0 Å². The summed E-state index contributed by atoms with van der Waals surface area (Å²) in [5.41, 5.74) is 0. The zero-order valence-corrected chi connectivity index (χ0v) is 43.0. The number of unbranched alkanes of at least 4 members (excludes halogenated alkanes) is 44. The van der Waals surface area contributed by atoms with Crippen LogP contribution in [0.4, 0.5) is 0 Å². The van der Waals surface area contributed by atoms with Crippen LogP contribution in [0.2, 0.25) is 0 Å². The summed E-state index contributed by atoms with van der Waals surface area (Å²) in [5, 5.41) is 20.6. The van der Waals surface area contributed by atoms with E-state index in [-0.39, 0.29) is 40.1 Å². The average Bonchev–Trinajstić information content (AvgIpc) is 3.18. The summed E-state index contributed by atoms with van der Waals surface area (Å²) in [6.07, 6.45) is 63.3. The van der Waals surface area contributed by atoms with Crippen molar-refractivity contribution in [1.29, 1.82) is 0 Å². The number of hydrogen-bond acceptors (Lipinski definition) is 4. The van der Waals surface area contributed by atoms with Crippen molar-refractivity contribution < 1.29 is 19.8 Å². The van der Waals surface area contributed by atoms with Crippen LogP contribution in [0.15, 0.2) is 0 Å². The number of aliphatic carboxylic acids is 2. The molecule has 0 heterocycles. The largest absolute Gasteiger partial charge is 2.00 e. The molecule has 0 unspecified atom stereocenters. The second-order valence-electron chi connectivity index (χ2n) is 17.8. The standard InChI is InChI=1S/2C26H52O2.Pb/c2*1-2-3-4-5-6-7-8-9-10-11-12-13-14-15-16-17-18-19-20-21-22-23-24-25-26(27)28;/h2*2-25H2,1H3,(H,27,28);/q;;+2/p-2. The van der Waals surface area contributed by atoms with Crippen LogP contribution in [0.5, 0.6) is 0 Å². The molecule has 0 N–H and O–H groups in total. The smallest absolute Gasteiger partial charge is 0.550 e. The molecule has 4 nitrogen and oxygen atoms in total. The molecule has 0 aliphatic carbocycles. The molecule has 2 radical (unpaired) electrons. The van der Waals surface area contributed by atoms with Gasteiger partial charge in [-0.2, -0.15) is 0 Å². The van der Waals surface area contributed by atoms with Crippen molar-refractivity contribution in [3.05, 3.63) is 0 Å². The van der Waals surface area contributed by atoms with Gasteiger partial charge in [-0.05, 0) is 25.7 Å². The van der Waals surface area contributed by atoms with Crippen molar-refractivity contribution >= 4 is 39.2 Å². The van der Waals surface area contributed by atoms with Gasteiger partial charge in [0.25, 0.3) is 0 Å². The van der Waals surface area contributed by atoms with E-state index in [2.05, 4.69) is 13.8 Å². The van der Waals surface area contributed by atoms with Gasteiger partial charge >= 0.3 is 27.3 Å². The van der Waals surface area contributed by atoms with E-state index >= 15 is 0 Å². The Balaban J connectivity index is -0.00000101. The monoisotopic (exact) mass is 999 g/mol. The minimum absolute atomic E-state index is 0. The first-order valence-electron chi connectivity index (χ1n) is 25.9. The first-order chi connectivity index (χ1) is 27.5. The Morgan fingerprint density at radius 3 is 0.439 bits per heavy atom. The third-order valence-corrected chi connectivity index (χ3v) is 12.0. The first-order valence-corrected chi connectivity index (χ1v) is 25.9. The molecular weight excluding hydrogens is 896 g/mol. The summed E-state index contributed by atoms with van der Waals surface area (Å²) in [4.78, 5) is 20.6. The molecular formula is C52H102O4Pb. The third-order valence-electron chi connectivity index (χ3n) is 12.0. The van der Waals surface area contributed by atoms with E-state index < -0.39 is 11.9 Å². The van der Waals surface area contributed by atoms with Crippen LogP contribution in [0.3, 0.4) is 0 Å². The molecule has 57 heavy (non-hydrogen) atoms. The summed E-state index contributed by atoms with van der Waals surface area (Å²) in [7, 11) is 0. The predicted molar refractivity (Wildman–Crippen MR) is 249 cm³/mol. The minimum Gasteiger partial charge on any atom is -0.550 e. The topological polar surface area (TPSA) is 80.3 Å². The predicted octanol–water partition coefficient (Wildman–Crippen LogP) is 15.9. The molecule has 0 bridgehead atoms. The van der Waals surface area contributed by atoms with Crippen LogP contribution in [0, 0.1) is 0 Å². The van der Waals surface area contributed by atoms with Gasteiger partial charge in [0.1, 0.15) is 0 Å². The Morgan fingerprint density at radius 1 is 0.228 bits per heavy atom. The van der Waals surface area contributed by atoms with Crippen LogP contribution in [0.1, 0.15) is 322 Å². The van der Waals surface area contributed by atoms with E-state index in [1.807, 2.05) is 0 Å². The number of carboxylic acids is 2. The van der Waals surface area contributed by atoms with Crippen LogP contribution >= 0.6 is 0 Å². The van der Waals surface area contributed by atoms with Gasteiger partial charge in [0, 0.05) is 11.9 Å². The molecule has 5 heteroatoms. The van der Waals surface area contributed by atoms with Gasteiger partial charge in [-0.1, -0.05) is 296 Å². The quantitative estimate of drug-likeness (QED) is 0.0449. The van der Waals surface area contributed by atoms with Gasteiger partial charge in [0.2, 0.25) is 0 Å². The van der Waals surface area contributed by atoms with E-state index in [0.29, 0.717) is 0 Å². The fourth-order valence-electron chi connectivity index (χ4n) is 8.11. The van der Waals surface area contributed by atoms with E-state index in [9.17, 15) is 19.8 Å². The van der Waals surface area contributed by atoms with Gasteiger partial charge < -0.3 is 19.8 Å². The van der Waals surface area contributed by atoms with Gasteiger partial charge in [0.15, 0.2) is 0 Å². The number of hydrogen-bond donors (Lipinski definition) is 0. The maximum atomic E-state index is 10.3. The molecule has 0 atom stereocenters. The Bertz CT molecular complexity index is 669. The molecule has 0 aromatic rings. The van der Waals surface area contributed by atoms with Crippen LogP contribution in [-0.4, -0.2) is 39.2 Å². The van der Waals surface area contributed by atoms with Crippen molar-refractivity contribution in [2.24, 2.45) is 0 Å². The molecule has 0 amide bonds. The fourth-order valence-corrected chi connectivity index (χ4v) is 8.11. The van der Waals surface area contributed by atoms with Gasteiger partial charge in [-0.15, -0.1) is 0 Å². The molecule has 0 fully saturated rings. The van der Waals surface area contributed by atoms with Crippen molar-refractivity contribution in [3.63, 3.8) is 0 Å². The Morgan fingerprint density at radius 2 is 0.333 bits per heavy atom. The number of carbonyl (C=O) groups is 2. The second kappa shape index (κ2) is 58.0. The minimum atomic E-state index is -0.900. The molecule has 0 saturated carbocycles. The molecule has 0 saturated heterocycles. The molecule has 0 spiro atoms. The maximum Gasteiger partial charge on any atom is 2.00 e. The summed E-state index contributed by atoms with van der Waals surface area (Å²) in [6, 6.07) is 0. The third kappa shape index (κ3) is 65.2. The number of carbonyl (C=O) groups excluding carboxylic acids is 2. The molecule has 0 aliphatic rings. The Kier molecular flexibility index (Phi) is 62.2. The molecule has 0 aromatic carbocycles. The fraction of sp³-hybridized carbons (Fsp3) is 0.962. The number of carboxylic acid groups (broad SMARTS) is 2. The summed E-state index contributed by atoms with van der Waals surface area (Å²) < 4.78 is 0. The normalized spacial score (nSPS) is 11.0.